The Balaban J connectivity index is 1.89. The lowest BCUT2D eigenvalue weighted by atomic mass is 10.1. The molecular weight excluding hydrogens is 383 g/mol. The number of aromatic nitrogens is 2. The minimum atomic E-state index is -0.262. The molecule has 0 N–H and O–H groups in total. The molecule has 1 aromatic heterocycles. The van der Waals surface area contributed by atoms with Gasteiger partial charge < -0.3 is 0 Å². The molecule has 0 radical (unpaired) electrons. The number of aryl methyl sites for hydroxylation is 2. The monoisotopic (exact) mass is 404 g/mol. The third-order valence-corrected chi connectivity index (χ3v) is 5.94. The van der Waals surface area contributed by atoms with Crippen molar-refractivity contribution >= 4 is 22.7 Å². The Kier molecular flexibility index (Phi) is 5.24. The normalized spacial score (nSPS) is 12.3. The first-order valence-corrected chi connectivity index (χ1v) is 10.3. The number of hydrogen-bond acceptors (Lipinski definition) is 3. The summed E-state index contributed by atoms with van der Waals surface area (Å²) < 4.78 is 15.0. The zero-order chi connectivity index (χ0) is 20.5. The van der Waals surface area contributed by atoms with E-state index in [9.17, 15) is 9.18 Å². The van der Waals surface area contributed by atoms with E-state index in [1.807, 2.05) is 57.2 Å². The molecule has 1 atom stereocenters. The van der Waals surface area contributed by atoms with E-state index in [0.29, 0.717) is 16.1 Å². The summed E-state index contributed by atoms with van der Waals surface area (Å²) in [6, 6.07) is 19.9. The molecule has 0 fully saturated rings. The molecule has 0 aliphatic rings. The maximum absolute atomic E-state index is 13.4. The SMILES string of the molecule is Cc1cc(C)cc(-n2c(S[C@@H](C)c3ccc(F)cc3)nc3ccccc3c2=O)c1. The van der Waals surface area contributed by atoms with Crippen LogP contribution in [0.5, 0.6) is 0 Å². The van der Waals surface area contributed by atoms with Crippen molar-refractivity contribution in [3.63, 3.8) is 0 Å². The van der Waals surface area contributed by atoms with Crippen LogP contribution >= 0.6 is 11.8 Å². The van der Waals surface area contributed by atoms with Crippen molar-refractivity contribution in [2.45, 2.75) is 31.2 Å². The van der Waals surface area contributed by atoms with Crippen molar-refractivity contribution < 1.29 is 4.39 Å². The van der Waals surface area contributed by atoms with Gasteiger partial charge in [-0.2, -0.15) is 0 Å². The molecule has 29 heavy (non-hydrogen) atoms. The highest BCUT2D eigenvalue weighted by Gasteiger charge is 2.17. The molecule has 1 heterocycles. The standard InChI is InChI=1S/C24H21FN2OS/c1-15-12-16(2)14-20(13-15)27-23(28)21-6-4-5-7-22(21)26-24(27)29-17(3)18-8-10-19(25)11-9-18/h4-14,17H,1-3H3/t17-/m0/s1. The van der Waals surface area contributed by atoms with Gasteiger partial charge in [0.15, 0.2) is 5.16 Å². The van der Waals surface area contributed by atoms with Crippen molar-refractivity contribution in [3.8, 4) is 5.69 Å². The number of para-hydroxylation sites is 1. The van der Waals surface area contributed by atoms with Crippen LogP contribution in [-0.4, -0.2) is 9.55 Å². The third-order valence-electron chi connectivity index (χ3n) is 4.83. The summed E-state index contributed by atoms with van der Waals surface area (Å²) >= 11 is 1.49. The Morgan fingerprint density at radius 2 is 1.62 bits per heavy atom. The van der Waals surface area contributed by atoms with Crippen molar-refractivity contribution in [2.24, 2.45) is 0 Å². The second-order valence-corrected chi connectivity index (χ2v) is 8.52. The van der Waals surface area contributed by atoms with Crippen molar-refractivity contribution in [1.29, 1.82) is 0 Å². The smallest absolute Gasteiger partial charge is 0.266 e. The molecule has 0 saturated carbocycles. The van der Waals surface area contributed by atoms with Crippen LogP contribution in [0.3, 0.4) is 0 Å². The van der Waals surface area contributed by atoms with E-state index in [1.54, 1.807) is 16.7 Å². The van der Waals surface area contributed by atoms with Gasteiger partial charge in [-0.05, 0) is 73.9 Å². The predicted molar refractivity (Wildman–Crippen MR) is 117 cm³/mol. The van der Waals surface area contributed by atoms with E-state index in [2.05, 4.69) is 6.07 Å². The van der Waals surface area contributed by atoms with E-state index < -0.39 is 0 Å². The zero-order valence-electron chi connectivity index (χ0n) is 16.5. The first kappa shape index (κ1) is 19.4. The second kappa shape index (κ2) is 7.84. The molecule has 4 rings (SSSR count). The Morgan fingerprint density at radius 1 is 0.966 bits per heavy atom. The van der Waals surface area contributed by atoms with Crippen LogP contribution in [0.2, 0.25) is 0 Å². The van der Waals surface area contributed by atoms with Gasteiger partial charge in [-0.25, -0.2) is 9.37 Å². The number of hydrogen-bond donors (Lipinski definition) is 0. The number of halogens is 1. The van der Waals surface area contributed by atoms with Gasteiger partial charge in [0.2, 0.25) is 0 Å². The molecule has 0 aliphatic carbocycles. The molecule has 0 aliphatic heterocycles. The molecule has 5 heteroatoms. The van der Waals surface area contributed by atoms with Gasteiger partial charge in [0, 0.05) is 5.25 Å². The van der Waals surface area contributed by atoms with Crippen LogP contribution in [0.1, 0.15) is 28.9 Å². The van der Waals surface area contributed by atoms with Crippen LogP contribution in [0, 0.1) is 19.7 Å². The molecule has 0 saturated heterocycles. The van der Waals surface area contributed by atoms with Gasteiger partial charge >= 0.3 is 0 Å². The largest absolute Gasteiger partial charge is 0.268 e. The lowest BCUT2D eigenvalue weighted by Crippen LogP contribution is -2.22. The number of rotatable bonds is 4. The first-order chi connectivity index (χ1) is 13.9. The molecule has 0 unspecified atom stereocenters. The van der Waals surface area contributed by atoms with Gasteiger partial charge in [0.25, 0.3) is 5.56 Å². The molecule has 146 valence electrons. The van der Waals surface area contributed by atoms with E-state index >= 15 is 0 Å². The maximum Gasteiger partial charge on any atom is 0.266 e. The summed E-state index contributed by atoms with van der Waals surface area (Å²) in [6.45, 7) is 6.07. The molecule has 4 aromatic rings. The summed E-state index contributed by atoms with van der Waals surface area (Å²) in [7, 11) is 0. The molecule has 0 amide bonds. The fourth-order valence-corrected chi connectivity index (χ4v) is 4.51. The minimum Gasteiger partial charge on any atom is -0.268 e. The van der Waals surface area contributed by atoms with Crippen LogP contribution in [0.15, 0.2) is 76.7 Å². The Labute approximate surface area is 173 Å². The molecular formula is C24H21FN2OS. The Hall–Kier alpha value is -2.92. The quantitative estimate of drug-likeness (QED) is 0.309. The van der Waals surface area contributed by atoms with Crippen LogP contribution < -0.4 is 5.56 Å². The van der Waals surface area contributed by atoms with E-state index in [0.717, 1.165) is 22.4 Å². The summed E-state index contributed by atoms with van der Waals surface area (Å²) in [5.74, 6) is -0.262. The van der Waals surface area contributed by atoms with Gasteiger partial charge in [0.1, 0.15) is 5.82 Å². The van der Waals surface area contributed by atoms with Gasteiger partial charge in [0.05, 0.1) is 16.6 Å². The van der Waals surface area contributed by atoms with E-state index in [-0.39, 0.29) is 16.6 Å². The Bertz CT molecular complexity index is 1230. The van der Waals surface area contributed by atoms with Crippen LogP contribution in [0.4, 0.5) is 4.39 Å². The average molecular weight is 405 g/mol. The maximum atomic E-state index is 13.4. The number of thioether (sulfide) groups is 1. The number of benzene rings is 3. The lowest BCUT2D eigenvalue weighted by molar-refractivity contribution is 0.627. The fraction of sp³-hybridized carbons (Fsp3) is 0.167. The highest BCUT2D eigenvalue weighted by atomic mass is 32.2. The fourth-order valence-electron chi connectivity index (χ4n) is 3.46. The number of nitrogens with zero attached hydrogens (tertiary/aromatic N) is 2. The van der Waals surface area contributed by atoms with E-state index in [1.165, 1.54) is 23.9 Å². The first-order valence-electron chi connectivity index (χ1n) is 9.45. The molecule has 3 nitrogen and oxygen atoms in total. The highest BCUT2D eigenvalue weighted by Crippen LogP contribution is 2.35. The summed E-state index contributed by atoms with van der Waals surface area (Å²) in [5.41, 5.74) is 4.54. The van der Waals surface area contributed by atoms with Crippen LogP contribution in [-0.2, 0) is 0 Å². The van der Waals surface area contributed by atoms with Crippen LogP contribution in [0.25, 0.3) is 16.6 Å². The third kappa shape index (κ3) is 3.96. The average Bonchev–Trinajstić information content (AvgIpc) is 2.68. The summed E-state index contributed by atoms with van der Waals surface area (Å²) in [5, 5.41) is 1.21. The van der Waals surface area contributed by atoms with E-state index in [4.69, 9.17) is 4.98 Å². The van der Waals surface area contributed by atoms with Gasteiger partial charge in [-0.15, -0.1) is 0 Å². The second-order valence-electron chi connectivity index (χ2n) is 7.21. The minimum absolute atomic E-state index is 0.000758. The Morgan fingerprint density at radius 3 is 2.31 bits per heavy atom. The highest BCUT2D eigenvalue weighted by molar-refractivity contribution is 7.99. The van der Waals surface area contributed by atoms with Crippen molar-refractivity contribution in [2.75, 3.05) is 0 Å². The predicted octanol–water partition coefficient (Wildman–Crippen LogP) is 5.99. The lowest BCUT2D eigenvalue weighted by Gasteiger charge is -2.17. The topological polar surface area (TPSA) is 34.9 Å². The summed E-state index contributed by atoms with van der Waals surface area (Å²) in [6.07, 6.45) is 0. The summed E-state index contributed by atoms with van der Waals surface area (Å²) in [4.78, 5) is 18.2. The van der Waals surface area contributed by atoms with Crippen molar-refractivity contribution in [1.82, 2.24) is 9.55 Å². The van der Waals surface area contributed by atoms with Crippen molar-refractivity contribution in [3.05, 3.63) is 99.6 Å². The molecule has 0 spiro atoms. The molecule has 3 aromatic carbocycles. The number of fused-ring (bicyclic) bond motifs is 1. The van der Waals surface area contributed by atoms with Gasteiger partial charge in [-0.1, -0.05) is 42.1 Å². The zero-order valence-corrected chi connectivity index (χ0v) is 17.3. The van der Waals surface area contributed by atoms with Gasteiger partial charge in [-0.3, -0.25) is 9.36 Å². The molecule has 0 bridgehead atoms.